The number of hydrogen-bond acceptors (Lipinski definition) is 5. The number of carboxylic acid groups (broad SMARTS) is 1. The predicted octanol–water partition coefficient (Wildman–Crippen LogP) is 5.23. The maximum absolute atomic E-state index is 12.8. The number of ether oxygens (including phenoxy) is 1. The second-order valence-electron chi connectivity index (χ2n) is 7.79. The van der Waals surface area contributed by atoms with E-state index in [1.165, 1.54) is 22.5 Å². The topological polar surface area (TPSA) is 87.7 Å². The molecule has 3 N–H and O–H groups in total. The summed E-state index contributed by atoms with van der Waals surface area (Å²) in [4.78, 5) is 24.9. The number of methoxy groups -OCH3 is 1. The van der Waals surface area contributed by atoms with Gasteiger partial charge in [-0.3, -0.25) is 4.79 Å². The molecule has 1 unspecified atom stereocenters. The molecule has 1 atom stereocenters. The largest absolute Gasteiger partial charge is 0.478 e. The molecule has 4 rings (SSSR count). The molecule has 0 spiro atoms. The van der Waals surface area contributed by atoms with E-state index >= 15 is 0 Å². The Kier molecular flexibility index (Phi) is 6.87. The van der Waals surface area contributed by atoms with Crippen LogP contribution in [0.3, 0.4) is 0 Å². The average Bonchev–Trinajstić information content (AvgIpc) is 3.41. The van der Waals surface area contributed by atoms with Crippen LogP contribution in [-0.4, -0.2) is 37.2 Å². The molecule has 32 heavy (non-hydrogen) atoms. The fourth-order valence-electron chi connectivity index (χ4n) is 4.18. The first-order chi connectivity index (χ1) is 15.6. The number of aromatic carboxylic acids is 1. The highest BCUT2D eigenvalue weighted by atomic mass is 32.1. The van der Waals surface area contributed by atoms with Crippen molar-refractivity contribution in [1.29, 1.82) is 0 Å². The van der Waals surface area contributed by atoms with E-state index in [9.17, 15) is 14.7 Å². The molecule has 0 saturated heterocycles. The van der Waals surface area contributed by atoms with Crippen LogP contribution in [0.5, 0.6) is 0 Å². The smallest absolute Gasteiger partial charge is 0.339 e. The van der Waals surface area contributed by atoms with Crippen molar-refractivity contribution in [3.63, 3.8) is 0 Å². The van der Waals surface area contributed by atoms with Crippen LogP contribution in [-0.2, 0) is 11.2 Å². The minimum Gasteiger partial charge on any atom is -0.478 e. The molecular formula is C25H26N2O4S. The number of aryl methyl sites for hydroxylation is 1. The van der Waals surface area contributed by atoms with E-state index in [1.54, 1.807) is 19.2 Å². The second-order valence-corrected chi connectivity index (χ2v) is 8.67. The Morgan fingerprint density at radius 3 is 2.66 bits per heavy atom. The van der Waals surface area contributed by atoms with Crippen LogP contribution in [0.4, 0.5) is 10.7 Å². The van der Waals surface area contributed by atoms with Gasteiger partial charge < -0.3 is 20.5 Å². The van der Waals surface area contributed by atoms with Gasteiger partial charge in [0.1, 0.15) is 5.00 Å². The summed E-state index contributed by atoms with van der Waals surface area (Å²) in [6.07, 6.45) is 2.70. The van der Waals surface area contributed by atoms with E-state index in [2.05, 4.69) is 22.8 Å². The lowest BCUT2D eigenvalue weighted by atomic mass is 9.92. The molecule has 0 aliphatic heterocycles. The minimum atomic E-state index is -1.02. The summed E-state index contributed by atoms with van der Waals surface area (Å²) in [6.45, 7) is 1.47. The van der Waals surface area contributed by atoms with E-state index < -0.39 is 5.97 Å². The molecule has 166 valence electrons. The van der Waals surface area contributed by atoms with Crippen molar-refractivity contribution in [2.75, 3.05) is 30.9 Å². The maximum Gasteiger partial charge on any atom is 0.339 e. The number of fused-ring (bicyclic) bond motifs is 1. The van der Waals surface area contributed by atoms with Crippen molar-refractivity contribution < 1.29 is 19.4 Å². The van der Waals surface area contributed by atoms with Gasteiger partial charge in [0.05, 0.1) is 5.56 Å². The van der Waals surface area contributed by atoms with Gasteiger partial charge in [-0.25, -0.2) is 4.79 Å². The number of benzene rings is 2. The van der Waals surface area contributed by atoms with Gasteiger partial charge >= 0.3 is 5.97 Å². The van der Waals surface area contributed by atoms with Crippen LogP contribution < -0.4 is 10.6 Å². The van der Waals surface area contributed by atoms with Crippen LogP contribution in [0.2, 0.25) is 0 Å². The van der Waals surface area contributed by atoms with Crippen molar-refractivity contribution in [2.45, 2.75) is 25.2 Å². The molecule has 1 aliphatic carbocycles. The molecule has 1 heterocycles. The molecule has 1 amide bonds. The molecule has 0 fully saturated rings. The van der Waals surface area contributed by atoms with Crippen molar-refractivity contribution in [3.05, 3.63) is 81.7 Å². The van der Waals surface area contributed by atoms with Crippen molar-refractivity contribution in [3.8, 4) is 0 Å². The summed E-state index contributed by atoms with van der Waals surface area (Å²) in [5, 5.41) is 18.3. The normalized spacial score (nSPS) is 14.7. The maximum atomic E-state index is 12.8. The van der Waals surface area contributed by atoms with Gasteiger partial charge in [-0.2, -0.15) is 0 Å². The molecule has 0 saturated carbocycles. The first-order valence-corrected chi connectivity index (χ1v) is 11.5. The third kappa shape index (κ3) is 4.69. The molecule has 1 aromatic heterocycles. The lowest BCUT2D eigenvalue weighted by Crippen LogP contribution is -2.14. The Bertz CT molecular complexity index is 1110. The van der Waals surface area contributed by atoms with Crippen molar-refractivity contribution in [1.82, 2.24) is 0 Å². The fourth-order valence-corrected chi connectivity index (χ4v) is 5.19. The highest BCUT2D eigenvalue weighted by Gasteiger charge is 2.30. The van der Waals surface area contributed by atoms with Crippen LogP contribution in [0.1, 0.15) is 56.2 Å². The lowest BCUT2D eigenvalue weighted by Gasteiger charge is -2.12. The number of carboxylic acids is 1. The Labute approximate surface area is 191 Å². The molecule has 0 radical (unpaired) electrons. The third-order valence-electron chi connectivity index (χ3n) is 5.77. The highest BCUT2D eigenvalue weighted by Crippen LogP contribution is 2.43. The molecule has 1 aliphatic rings. The number of thiophene rings is 1. The first kappa shape index (κ1) is 22.0. The highest BCUT2D eigenvalue weighted by molar-refractivity contribution is 7.15. The number of hydrogen-bond donors (Lipinski definition) is 3. The molecule has 3 aromatic rings. The van der Waals surface area contributed by atoms with Gasteiger partial charge in [0.2, 0.25) is 0 Å². The van der Waals surface area contributed by atoms with Gasteiger partial charge in [-0.1, -0.05) is 24.3 Å². The Morgan fingerprint density at radius 2 is 1.91 bits per heavy atom. The van der Waals surface area contributed by atoms with Crippen LogP contribution in [0.15, 0.2) is 53.9 Å². The summed E-state index contributed by atoms with van der Waals surface area (Å²) >= 11 is 1.27. The number of carbonyl (C=O) groups is 2. The van der Waals surface area contributed by atoms with E-state index in [0.29, 0.717) is 17.2 Å². The van der Waals surface area contributed by atoms with E-state index in [4.69, 9.17) is 4.74 Å². The van der Waals surface area contributed by atoms with E-state index in [1.807, 2.05) is 29.6 Å². The molecular weight excluding hydrogens is 424 g/mol. The van der Waals surface area contributed by atoms with Gasteiger partial charge in [0.25, 0.3) is 5.91 Å². The first-order valence-electron chi connectivity index (χ1n) is 10.6. The summed E-state index contributed by atoms with van der Waals surface area (Å²) in [7, 11) is 1.67. The van der Waals surface area contributed by atoms with Crippen LogP contribution >= 0.6 is 11.3 Å². The SMILES string of the molecule is COCCCNc1ccc(C(=O)Nc2scc(C3CCc4ccccc43)c2C(=O)O)cc1. The van der Waals surface area contributed by atoms with E-state index in [-0.39, 0.29) is 17.4 Å². The number of rotatable bonds is 9. The van der Waals surface area contributed by atoms with Gasteiger partial charge in [0.15, 0.2) is 0 Å². The molecule has 7 heteroatoms. The zero-order chi connectivity index (χ0) is 22.5. The van der Waals surface area contributed by atoms with E-state index in [0.717, 1.165) is 37.1 Å². The Hall–Kier alpha value is -3.16. The summed E-state index contributed by atoms with van der Waals surface area (Å²) < 4.78 is 5.03. The van der Waals surface area contributed by atoms with Crippen molar-refractivity contribution >= 4 is 33.9 Å². The number of carbonyl (C=O) groups excluding carboxylic acids is 1. The molecule has 6 nitrogen and oxygen atoms in total. The standard InChI is InChI=1S/C25H26N2O4S/c1-31-14-4-13-26-18-10-7-17(8-11-18)23(28)27-24-22(25(29)30)21(15-32-24)20-12-9-16-5-2-3-6-19(16)20/h2-3,5-8,10-11,15,20,26H,4,9,12-14H2,1H3,(H,27,28)(H,29,30). The zero-order valence-electron chi connectivity index (χ0n) is 17.9. The summed E-state index contributed by atoms with van der Waals surface area (Å²) in [5.74, 6) is -1.29. The fraction of sp³-hybridized carbons (Fsp3) is 0.280. The average molecular weight is 451 g/mol. The Morgan fingerprint density at radius 1 is 1.12 bits per heavy atom. The third-order valence-corrected chi connectivity index (χ3v) is 6.68. The van der Waals surface area contributed by atoms with Gasteiger partial charge in [-0.05, 0) is 65.6 Å². The monoisotopic (exact) mass is 450 g/mol. The van der Waals surface area contributed by atoms with Crippen molar-refractivity contribution in [2.24, 2.45) is 0 Å². The number of nitrogens with one attached hydrogen (secondary N) is 2. The second kappa shape index (κ2) is 9.97. The summed E-state index contributed by atoms with van der Waals surface area (Å²) in [6, 6.07) is 15.3. The summed E-state index contributed by atoms with van der Waals surface area (Å²) in [5.41, 5.74) is 4.81. The van der Waals surface area contributed by atoms with Gasteiger partial charge in [0, 0.05) is 37.4 Å². The number of anilines is 2. The lowest BCUT2D eigenvalue weighted by molar-refractivity contribution is 0.0697. The predicted molar refractivity (Wildman–Crippen MR) is 127 cm³/mol. The molecule has 2 aromatic carbocycles. The number of amides is 1. The Balaban J connectivity index is 1.49. The minimum absolute atomic E-state index is 0.0441. The quantitative estimate of drug-likeness (QED) is 0.389. The molecule has 0 bridgehead atoms. The van der Waals surface area contributed by atoms with Crippen LogP contribution in [0.25, 0.3) is 0 Å². The zero-order valence-corrected chi connectivity index (χ0v) is 18.7. The van der Waals surface area contributed by atoms with Gasteiger partial charge in [-0.15, -0.1) is 11.3 Å². The van der Waals surface area contributed by atoms with Crippen LogP contribution in [0, 0.1) is 0 Å².